The summed E-state index contributed by atoms with van der Waals surface area (Å²) < 4.78 is 7.06. The Morgan fingerprint density at radius 1 is 1.48 bits per heavy atom. The monoisotopic (exact) mass is 304 g/mol. The highest BCUT2D eigenvalue weighted by Crippen LogP contribution is 2.24. The number of hydrogen-bond acceptors (Lipinski definition) is 4. The van der Waals surface area contributed by atoms with Gasteiger partial charge in [0, 0.05) is 20.6 Å². The zero-order valence-electron chi connectivity index (χ0n) is 12.8. The van der Waals surface area contributed by atoms with Gasteiger partial charge in [0.15, 0.2) is 0 Å². The van der Waals surface area contributed by atoms with Crippen molar-refractivity contribution in [1.82, 2.24) is 9.78 Å². The molecule has 6 heteroatoms. The molecular formula is C15H20N4OS. The number of benzene rings is 1. The highest BCUT2D eigenvalue weighted by Gasteiger charge is 2.19. The van der Waals surface area contributed by atoms with E-state index in [0.717, 1.165) is 28.4 Å². The zero-order chi connectivity index (χ0) is 15.6. The molecule has 0 bridgehead atoms. The van der Waals surface area contributed by atoms with Gasteiger partial charge >= 0.3 is 0 Å². The number of aromatic nitrogens is 2. The van der Waals surface area contributed by atoms with Gasteiger partial charge in [-0.3, -0.25) is 4.68 Å². The fourth-order valence-electron chi connectivity index (χ4n) is 2.49. The van der Waals surface area contributed by atoms with Crippen molar-refractivity contribution in [1.29, 1.82) is 0 Å². The highest BCUT2D eigenvalue weighted by molar-refractivity contribution is 7.80. The van der Waals surface area contributed by atoms with Crippen LogP contribution in [-0.2, 0) is 13.6 Å². The maximum Gasteiger partial charge on any atom is 0.137 e. The molecule has 1 aromatic heterocycles. The first kappa shape index (κ1) is 15.3. The largest absolute Gasteiger partial charge is 0.497 e. The topological polar surface area (TPSA) is 56.3 Å². The summed E-state index contributed by atoms with van der Waals surface area (Å²) in [6, 6.07) is 7.98. The van der Waals surface area contributed by atoms with E-state index in [2.05, 4.69) is 16.1 Å². The van der Waals surface area contributed by atoms with Crippen LogP contribution in [0.1, 0.15) is 16.8 Å². The Morgan fingerprint density at radius 2 is 2.19 bits per heavy atom. The summed E-state index contributed by atoms with van der Waals surface area (Å²) in [4.78, 5) is 2.46. The number of methoxy groups -OCH3 is 1. The van der Waals surface area contributed by atoms with Gasteiger partial charge in [0.1, 0.15) is 16.6 Å². The summed E-state index contributed by atoms with van der Waals surface area (Å²) in [5.41, 5.74) is 8.66. The SMILES string of the molecule is COc1cccc(CN(C)c2c(C(N)=S)c(C)nn2C)c1. The van der Waals surface area contributed by atoms with Gasteiger partial charge in [-0.25, -0.2) is 0 Å². The summed E-state index contributed by atoms with van der Waals surface area (Å²) in [6.07, 6.45) is 0. The number of nitrogens with zero attached hydrogens (tertiary/aromatic N) is 3. The van der Waals surface area contributed by atoms with Crippen LogP contribution in [0.4, 0.5) is 5.82 Å². The zero-order valence-corrected chi connectivity index (χ0v) is 13.6. The molecule has 1 heterocycles. The lowest BCUT2D eigenvalue weighted by Crippen LogP contribution is -2.23. The predicted molar refractivity (Wildman–Crippen MR) is 88.9 cm³/mol. The molecule has 5 nitrogen and oxygen atoms in total. The quantitative estimate of drug-likeness (QED) is 0.856. The number of ether oxygens (including phenoxy) is 1. The standard InChI is InChI=1S/C15H20N4OS/c1-10-13(14(16)21)15(19(3)17-10)18(2)9-11-6-5-7-12(8-11)20-4/h5-8H,9H2,1-4H3,(H2,16,21). The van der Waals surface area contributed by atoms with Crippen molar-refractivity contribution in [3.8, 4) is 5.75 Å². The van der Waals surface area contributed by atoms with Crippen LogP contribution >= 0.6 is 12.2 Å². The molecule has 0 saturated heterocycles. The first-order chi connectivity index (χ1) is 9.93. The number of aryl methyl sites for hydroxylation is 2. The molecule has 2 rings (SSSR count). The lowest BCUT2D eigenvalue weighted by Gasteiger charge is -2.21. The molecule has 112 valence electrons. The van der Waals surface area contributed by atoms with Gasteiger partial charge in [0.2, 0.25) is 0 Å². The van der Waals surface area contributed by atoms with Gasteiger partial charge in [-0.1, -0.05) is 24.4 Å². The maximum absolute atomic E-state index is 5.84. The molecule has 0 fully saturated rings. The van der Waals surface area contributed by atoms with Crippen molar-refractivity contribution in [3.05, 3.63) is 41.1 Å². The van der Waals surface area contributed by atoms with Crippen LogP contribution in [0.3, 0.4) is 0 Å². The average molecular weight is 304 g/mol. The molecule has 0 aliphatic carbocycles. The van der Waals surface area contributed by atoms with Crippen LogP contribution in [0.15, 0.2) is 24.3 Å². The first-order valence-corrected chi connectivity index (χ1v) is 7.02. The molecule has 0 aliphatic heterocycles. The molecule has 0 unspecified atom stereocenters. The Morgan fingerprint density at radius 3 is 2.81 bits per heavy atom. The van der Waals surface area contributed by atoms with Crippen molar-refractivity contribution >= 4 is 23.0 Å². The molecule has 0 radical (unpaired) electrons. The van der Waals surface area contributed by atoms with E-state index in [1.807, 2.05) is 43.9 Å². The minimum atomic E-state index is 0.369. The summed E-state index contributed by atoms with van der Waals surface area (Å²) in [5.74, 6) is 1.76. The highest BCUT2D eigenvalue weighted by atomic mass is 32.1. The Hall–Kier alpha value is -2.08. The minimum absolute atomic E-state index is 0.369. The average Bonchev–Trinajstić information content (AvgIpc) is 2.73. The van der Waals surface area contributed by atoms with E-state index in [-0.39, 0.29) is 0 Å². The number of nitrogens with two attached hydrogens (primary N) is 1. The third-order valence-electron chi connectivity index (χ3n) is 3.35. The third kappa shape index (κ3) is 3.16. The van der Waals surface area contributed by atoms with Crippen LogP contribution in [0, 0.1) is 6.92 Å². The molecule has 0 aliphatic rings. The van der Waals surface area contributed by atoms with Crippen LogP contribution in [-0.4, -0.2) is 28.9 Å². The van der Waals surface area contributed by atoms with Crippen LogP contribution < -0.4 is 15.4 Å². The normalized spacial score (nSPS) is 10.5. The molecule has 0 spiro atoms. The Labute approximate surface area is 130 Å². The van der Waals surface area contributed by atoms with Crippen LogP contribution in [0.2, 0.25) is 0 Å². The van der Waals surface area contributed by atoms with E-state index < -0.39 is 0 Å². The van der Waals surface area contributed by atoms with E-state index >= 15 is 0 Å². The van der Waals surface area contributed by atoms with Gasteiger partial charge in [-0.05, 0) is 24.6 Å². The van der Waals surface area contributed by atoms with Crippen molar-refractivity contribution in [3.63, 3.8) is 0 Å². The molecule has 1 aromatic carbocycles. The second kappa shape index (κ2) is 6.13. The molecule has 21 heavy (non-hydrogen) atoms. The molecule has 2 N–H and O–H groups in total. The van der Waals surface area contributed by atoms with Crippen molar-refractivity contribution in [2.24, 2.45) is 12.8 Å². The van der Waals surface area contributed by atoms with Crippen molar-refractivity contribution in [2.45, 2.75) is 13.5 Å². The summed E-state index contributed by atoms with van der Waals surface area (Å²) in [6.45, 7) is 2.63. The maximum atomic E-state index is 5.84. The first-order valence-electron chi connectivity index (χ1n) is 6.61. The smallest absolute Gasteiger partial charge is 0.137 e. The van der Waals surface area contributed by atoms with E-state index in [0.29, 0.717) is 11.5 Å². The second-order valence-corrected chi connectivity index (χ2v) is 5.42. The number of hydrogen-bond donors (Lipinski definition) is 1. The molecular weight excluding hydrogens is 284 g/mol. The lowest BCUT2D eigenvalue weighted by molar-refractivity contribution is 0.414. The second-order valence-electron chi connectivity index (χ2n) is 4.98. The van der Waals surface area contributed by atoms with Crippen LogP contribution in [0.25, 0.3) is 0 Å². The van der Waals surface area contributed by atoms with Crippen molar-refractivity contribution < 1.29 is 4.74 Å². The van der Waals surface area contributed by atoms with E-state index in [1.54, 1.807) is 7.11 Å². The van der Waals surface area contributed by atoms with E-state index in [1.165, 1.54) is 0 Å². The predicted octanol–water partition coefficient (Wildman–Crippen LogP) is 2.01. The summed E-state index contributed by atoms with van der Waals surface area (Å²) in [5, 5.41) is 4.41. The summed E-state index contributed by atoms with van der Waals surface area (Å²) >= 11 is 5.15. The fourth-order valence-corrected chi connectivity index (χ4v) is 2.73. The number of anilines is 1. The van der Waals surface area contributed by atoms with Gasteiger partial charge in [-0.15, -0.1) is 0 Å². The number of rotatable bonds is 5. The summed E-state index contributed by atoms with van der Waals surface area (Å²) in [7, 11) is 5.56. The Kier molecular flexibility index (Phi) is 4.47. The fraction of sp³-hybridized carbons (Fsp3) is 0.333. The van der Waals surface area contributed by atoms with E-state index in [4.69, 9.17) is 22.7 Å². The Balaban J connectivity index is 2.32. The van der Waals surface area contributed by atoms with E-state index in [9.17, 15) is 0 Å². The van der Waals surface area contributed by atoms with Gasteiger partial charge in [-0.2, -0.15) is 5.10 Å². The van der Waals surface area contributed by atoms with Gasteiger partial charge in [0.05, 0.1) is 18.4 Å². The lowest BCUT2D eigenvalue weighted by atomic mass is 10.2. The molecule has 0 saturated carbocycles. The van der Waals surface area contributed by atoms with Crippen LogP contribution in [0.5, 0.6) is 5.75 Å². The van der Waals surface area contributed by atoms with Gasteiger partial charge < -0.3 is 15.4 Å². The van der Waals surface area contributed by atoms with Gasteiger partial charge in [0.25, 0.3) is 0 Å². The molecule has 0 atom stereocenters. The third-order valence-corrected chi connectivity index (χ3v) is 3.56. The number of thiocarbonyl (C=S) groups is 1. The molecule has 2 aromatic rings. The molecule has 0 amide bonds. The minimum Gasteiger partial charge on any atom is -0.497 e. The van der Waals surface area contributed by atoms with Crippen molar-refractivity contribution in [2.75, 3.05) is 19.1 Å². The Bertz CT molecular complexity index is 666.